The van der Waals surface area contributed by atoms with Crippen molar-refractivity contribution in [3.8, 4) is 11.3 Å². The van der Waals surface area contributed by atoms with E-state index in [1.165, 1.54) is 0 Å². The number of carbonyl (C=O) groups is 1. The number of aromatic amines is 1. The molecule has 1 aromatic heterocycles. The van der Waals surface area contributed by atoms with Crippen LogP contribution in [0.3, 0.4) is 0 Å². The lowest BCUT2D eigenvalue weighted by molar-refractivity contribution is 0.0967. The summed E-state index contributed by atoms with van der Waals surface area (Å²) in [6.07, 6.45) is 0. The molecule has 0 spiro atoms. The number of hydrogen-bond donors (Lipinski definition) is 1. The summed E-state index contributed by atoms with van der Waals surface area (Å²) >= 11 is 5.86. The normalized spacial score (nSPS) is 13.0. The molecule has 3 rings (SSSR count). The maximum Gasteiger partial charge on any atom is 0.281 e. The van der Waals surface area contributed by atoms with Gasteiger partial charge in [-0.1, -0.05) is 11.6 Å². The number of carbonyl (C=O) groups excluding carboxylic acids is 1. The molecule has 0 fully saturated rings. The van der Waals surface area contributed by atoms with Gasteiger partial charge in [-0.2, -0.15) is 5.10 Å². The van der Waals surface area contributed by atoms with Gasteiger partial charge in [0.15, 0.2) is 0 Å². The summed E-state index contributed by atoms with van der Waals surface area (Å²) in [7, 11) is 0. The van der Waals surface area contributed by atoms with Gasteiger partial charge in [-0.25, -0.2) is 5.32 Å². The third-order valence-corrected chi connectivity index (χ3v) is 2.85. The molecule has 4 nitrogen and oxygen atoms in total. The smallest absolute Gasteiger partial charge is 0.277 e. The van der Waals surface area contributed by atoms with Gasteiger partial charge >= 0.3 is 0 Å². The van der Waals surface area contributed by atoms with Gasteiger partial charge in [0.1, 0.15) is 0 Å². The molecule has 1 aliphatic heterocycles. The number of aromatic nitrogens is 2. The fourth-order valence-corrected chi connectivity index (χ4v) is 2.03. The molecule has 0 unspecified atom stereocenters. The zero-order valence-electron chi connectivity index (χ0n) is 8.41. The number of nitrogens with one attached hydrogen (secondary N) is 1. The second-order valence-corrected chi connectivity index (χ2v) is 4.07. The summed E-state index contributed by atoms with van der Waals surface area (Å²) in [6, 6.07) is 5.28. The van der Waals surface area contributed by atoms with Crippen molar-refractivity contribution in [3.05, 3.63) is 34.5 Å². The maximum atomic E-state index is 11.8. The van der Waals surface area contributed by atoms with Crippen LogP contribution in [0.5, 0.6) is 0 Å². The summed E-state index contributed by atoms with van der Waals surface area (Å²) in [5.41, 5.74) is 3.40. The van der Waals surface area contributed by atoms with Crippen LogP contribution in [0.4, 0.5) is 5.69 Å². The lowest BCUT2D eigenvalue weighted by atomic mass is 10.00. The number of benzene rings is 1. The van der Waals surface area contributed by atoms with Gasteiger partial charge in [-0.3, -0.25) is 9.89 Å². The first-order valence-electron chi connectivity index (χ1n) is 4.78. The summed E-state index contributed by atoms with van der Waals surface area (Å²) in [5, 5.41) is 11.5. The molecule has 16 heavy (non-hydrogen) atoms. The Labute approximate surface area is 96.6 Å². The molecule has 5 heteroatoms. The maximum absolute atomic E-state index is 11.8. The Kier molecular flexibility index (Phi) is 1.82. The number of aryl methyl sites for hydroxylation is 1. The molecule has 2 aromatic rings. The van der Waals surface area contributed by atoms with Crippen LogP contribution < -0.4 is 5.32 Å². The van der Waals surface area contributed by atoms with Crippen molar-refractivity contribution >= 4 is 23.2 Å². The molecular weight excluding hydrogens is 226 g/mol. The predicted molar refractivity (Wildman–Crippen MR) is 59.9 cm³/mol. The van der Waals surface area contributed by atoms with E-state index in [0.29, 0.717) is 22.0 Å². The Balaban J connectivity index is 2.32. The number of amides is 1. The number of hydrogen-bond acceptors (Lipinski definition) is 2. The van der Waals surface area contributed by atoms with Crippen molar-refractivity contribution in [2.24, 2.45) is 0 Å². The molecule has 0 aliphatic carbocycles. The summed E-state index contributed by atoms with van der Waals surface area (Å²) in [4.78, 5) is 11.8. The van der Waals surface area contributed by atoms with Crippen molar-refractivity contribution in [1.82, 2.24) is 15.5 Å². The topological polar surface area (TPSA) is 59.9 Å². The third-order valence-electron chi connectivity index (χ3n) is 2.61. The van der Waals surface area contributed by atoms with Gasteiger partial charge in [-0.15, -0.1) is 0 Å². The zero-order chi connectivity index (χ0) is 11.3. The molecule has 1 aliphatic rings. The molecule has 0 bridgehead atoms. The first-order chi connectivity index (χ1) is 7.66. The minimum atomic E-state index is -0.268. The molecule has 0 saturated carbocycles. The van der Waals surface area contributed by atoms with Crippen molar-refractivity contribution in [3.63, 3.8) is 0 Å². The predicted octanol–water partition coefficient (Wildman–Crippen LogP) is 2.43. The lowest BCUT2D eigenvalue weighted by Crippen LogP contribution is -2.17. The molecule has 0 atom stereocenters. The van der Waals surface area contributed by atoms with E-state index in [4.69, 9.17) is 11.6 Å². The van der Waals surface area contributed by atoms with Gasteiger partial charge in [-0.05, 0) is 25.1 Å². The molecule has 1 aromatic carbocycles. The van der Waals surface area contributed by atoms with E-state index < -0.39 is 0 Å². The molecular formula is C11H7ClN3O. The van der Waals surface area contributed by atoms with Gasteiger partial charge in [0.2, 0.25) is 0 Å². The van der Waals surface area contributed by atoms with Crippen LogP contribution in [0, 0.1) is 6.92 Å². The molecule has 0 saturated heterocycles. The van der Waals surface area contributed by atoms with Crippen LogP contribution in [0.15, 0.2) is 18.2 Å². The van der Waals surface area contributed by atoms with E-state index in [-0.39, 0.29) is 5.91 Å². The summed E-state index contributed by atoms with van der Waals surface area (Å²) in [5.74, 6) is -0.268. The van der Waals surface area contributed by atoms with E-state index in [1.807, 2.05) is 6.07 Å². The largest absolute Gasteiger partial charge is 0.281 e. The Morgan fingerprint density at radius 2 is 2.19 bits per heavy atom. The summed E-state index contributed by atoms with van der Waals surface area (Å²) in [6.45, 7) is 1.78. The van der Waals surface area contributed by atoms with E-state index in [0.717, 1.165) is 11.3 Å². The Hall–Kier alpha value is -1.81. The fourth-order valence-electron chi connectivity index (χ4n) is 1.86. The van der Waals surface area contributed by atoms with Crippen LogP contribution in [0.1, 0.15) is 16.1 Å². The van der Waals surface area contributed by atoms with Crippen molar-refractivity contribution in [2.75, 3.05) is 0 Å². The average Bonchev–Trinajstić information content (AvgIpc) is 2.61. The second-order valence-electron chi connectivity index (χ2n) is 3.64. The molecule has 1 N–H and O–H groups in total. The number of halogens is 1. The quantitative estimate of drug-likeness (QED) is 0.758. The number of H-pyrrole nitrogens is 1. The highest BCUT2D eigenvalue weighted by atomic mass is 35.5. The Morgan fingerprint density at radius 1 is 1.38 bits per heavy atom. The minimum Gasteiger partial charge on any atom is -0.277 e. The highest BCUT2D eigenvalue weighted by Gasteiger charge is 2.27. The molecule has 1 radical (unpaired) electrons. The third kappa shape index (κ3) is 1.17. The van der Waals surface area contributed by atoms with Crippen LogP contribution in [0.25, 0.3) is 11.3 Å². The van der Waals surface area contributed by atoms with Crippen LogP contribution in [0.2, 0.25) is 5.02 Å². The Morgan fingerprint density at radius 3 is 3.00 bits per heavy atom. The second kappa shape index (κ2) is 3.09. The highest BCUT2D eigenvalue weighted by Crippen LogP contribution is 2.36. The number of fused-ring (bicyclic) bond motifs is 3. The van der Waals surface area contributed by atoms with Gasteiger partial charge in [0, 0.05) is 10.6 Å². The zero-order valence-corrected chi connectivity index (χ0v) is 9.17. The standard InChI is InChI=1S/C11H7ClN3O/c1-5-9-10(15-14-5)7-3-2-6(12)4-8(7)13-11(9)16/h2-4H,1H3,(H,14,15). The first-order valence-corrected chi connectivity index (χ1v) is 5.15. The average molecular weight is 233 g/mol. The van der Waals surface area contributed by atoms with E-state index in [1.54, 1.807) is 19.1 Å². The lowest BCUT2D eigenvalue weighted by Gasteiger charge is -2.14. The monoisotopic (exact) mass is 232 g/mol. The van der Waals surface area contributed by atoms with Crippen molar-refractivity contribution in [2.45, 2.75) is 6.92 Å². The van der Waals surface area contributed by atoms with Crippen molar-refractivity contribution < 1.29 is 4.79 Å². The minimum absolute atomic E-state index is 0.268. The van der Waals surface area contributed by atoms with E-state index in [9.17, 15) is 4.79 Å². The van der Waals surface area contributed by atoms with Crippen molar-refractivity contribution in [1.29, 1.82) is 0 Å². The van der Waals surface area contributed by atoms with Gasteiger partial charge in [0.25, 0.3) is 5.91 Å². The van der Waals surface area contributed by atoms with Gasteiger partial charge in [0.05, 0.1) is 22.6 Å². The summed E-state index contributed by atoms with van der Waals surface area (Å²) < 4.78 is 0. The molecule has 79 valence electrons. The number of rotatable bonds is 0. The SMILES string of the molecule is Cc1n[nH]c2c1C(=O)[N]c1cc(Cl)ccc1-2. The molecule has 2 heterocycles. The van der Waals surface area contributed by atoms with Gasteiger partial charge < -0.3 is 0 Å². The highest BCUT2D eigenvalue weighted by molar-refractivity contribution is 6.31. The van der Waals surface area contributed by atoms with E-state index in [2.05, 4.69) is 15.5 Å². The number of nitrogens with zero attached hydrogens (tertiary/aromatic N) is 2. The van der Waals surface area contributed by atoms with Crippen LogP contribution in [-0.2, 0) is 0 Å². The first kappa shape index (κ1) is 9.42. The fraction of sp³-hybridized carbons (Fsp3) is 0.0909. The molecule has 1 amide bonds. The Bertz CT molecular complexity index is 603. The van der Waals surface area contributed by atoms with E-state index >= 15 is 0 Å². The van der Waals surface area contributed by atoms with Crippen LogP contribution in [-0.4, -0.2) is 16.1 Å². The van der Waals surface area contributed by atoms with Crippen LogP contribution >= 0.6 is 11.6 Å².